The van der Waals surface area contributed by atoms with Crippen molar-refractivity contribution in [3.8, 4) is 0 Å². The highest BCUT2D eigenvalue weighted by Gasteiger charge is 2.15. The third-order valence-electron chi connectivity index (χ3n) is 2.72. The van der Waals surface area contributed by atoms with Gasteiger partial charge in [0, 0.05) is 23.2 Å². The molecule has 82 valence electrons. The van der Waals surface area contributed by atoms with Crippen molar-refractivity contribution < 1.29 is 4.39 Å². The number of halogens is 1. The lowest BCUT2D eigenvalue weighted by atomic mass is 9.93. The van der Waals surface area contributed by atoms with Crippen LogP contribution in [0, 0.1) is 5.82 Å². The van der Waals surface area contributed by atoms with Crippen molar-refractivity contribution in [3.63, 3.8) is 0 Å². The maximum Gasteiger partial charge on any atom is 0.123 e. The van der Waals surface area contributed by atoms with Crippen LogP contribution < -0.4 is 5.32 Å². The lowest BCUT2D eigenvalue weighted by Crippen LogP contribution is -2.36. The first-order chi connectivity index (χ1) is 7.34. The Balaban J connectivity index is 1.62. The molecule has 0 heterocycles. The summed E-state index contributed by atoms with van der Waals surface area (Å²) in [4.78, 5) is 1.15. The fourth-order valence-electron chi connectivity index (χ4n) is 1.58. The number of thioether (sulfide) groups is 1. The second kappa shape index (κ2) is 5.52. The molecule has 1 aliphatic carbocycles. The molecular formula is C12H16FNS. The van der Waals surface area contributed by atoms with Gasteiger partial charge in [0.2, 0.25) is 0 Å². The standard InChI is InChI=1S/C12H16FNS/c13-10-4-6-12(7-5-10)15-9-8-14-11-2-1-3-11/h4-7,11,14H,1-3,8-9H2. The van der Waals surface area contributed by atoms with Gasteiger partial charge in [0.1, 0.15) is 5.82 Å². The summed E-state index contributed by atoms with van der Waals surface area (Å²) in [6, 6.07) is 7.47. The van der Waals surface area contributed by atoms with Crippen molar-refractivity contribution in [3.05, 3.63) is 30.1 Å². The summed E-state index contributed by atoms with van der Waals surface area (Å²) in [5, 5.41) is 3.51. The van der Waals surface area contributed by atoms with E-state index in [9.17, 15) is 4.39 Å². The molecule has 3 heteroatoms. The second-order valence-electron chi connectivity index (χ2n) is 3.88. The molecule has 1 saturated carbocycles. The van der Waals surface area contributed by atoms with Crippen LogP contribution in [0.2, 0.25) is 0 Å². The van der Waals surface area contributed by atoms with Crippen LogP contribution in [-0.4, -0.2) is 18.3 Å². The van der Waals surface area contributed by atoms with E-state index >= 15 is 0 Å². The van der Waals surface area contributed by atoms with Crippen LogP contribution >= 0.6 is 11.8 Å². The van der Waals surface area contributed by atoms with E-state index in [-0.39, 0.29) is 5.82 Å². The normalized spacial score (nSPS) is 16.3. The average Bonchev–Trinajstić information content (AvgIpc) is 2.18. The van der Waals surface area contributed by atoms with Gasteiger partial charge >= 0.3 is 0 Å². The lowest BCUT2D eigenvalue weighted by molar-refractivity contribution is 0.347. The van der Waals surface area contributed by atoms with Crippen LogP contribution in [0.15, 0.2) is 29.2 Å². The van der Waals surface area contributed by atoms with E-state index < -0.39 is 0 Å². The molecule has 1 aromatic carbocycles. The van der Waals surface area contributed by atoms with Crippen molar-refractivity contribution in [2.45, 2.75) is 30.2 Å². The Morgan fingerprint density at radius 2 is 2.00 bits per heavy atom. The first-order valence-corrected chi connectivity index (χ1v) is 6.45. The Kier molecular flexibility index (Phi) is 4.03. The summed E-state index contributed by atoms with van der Waals surface area (Å²) in [6.45, 7) is 1.05. The Morgan fingerprint density at radius 3 is 2.60 bits per heavy atom. The molecule has 0 spiro atoms. The average molecular weight is 225 g/mol. The van der Waals surface area contributed by atoms with Gasteiger partial charge in [-0.25, -0.2) is 4.39 Å². The Morgan fingerprint density at radius 1 is 1.27 bits per heavy atom. The predicted molar refractivity (Wildman–Crippen MR) is 62.8 cm³/mol. The summed E-state index contributed by atoms with van der Waals surface area (Å²) >= 11 is 1.78. The minimum atomic E-state index is -0.160. The topological polar surface area (TPSA) is 12.0 Å². The highest BCUT2D eigenvalue weighted by Crippen LogP contribution is 2.19. The smallest absolute Gasteiger partial charge is 0.123 e. The van der Waals surface area contributed by atoms with E-state index in [1.54, 1.807) is 11.8 Å². The van der Waals surface area contributed by atoms with Crippen LogP contribution in [0.4, 0.5) is 4.39 Å². The van der Waals surface area contributed by atoms with Gasteiger partial charge in [0.05, 0.1) is 0 Å². The third-order valence-corrected chi connectivity index (χ3v) is 3.74. The number of rotatable bonds is 5. The largest absolute Gasteiger partial charge is 0.313 e. The van der Waals surface area contributed by atoms with E-state index in [2.05, 4.69) is 5.32 Å². The Hall–Kier alpha value is -0.540. The molecular weight excluding hydrogens is 209 g/mol. The first-order valence-electron chi connectivity index (χ1n) is 5.46. The Labute approximate surface area is 94.5 Å². The zero-order valence-electron chi connectivity index (χ0n) is 8.71. The summed E-state index contributed by atoms with van der Waals surface area (Å²) in [7, 11) is 0. The van der Waals surface area contributed by atoms with Gasteiger partial charge in [-0.2, -0.15) is 0 Å². The Bertz CT molecular complexity index is 295. The predicted octanol–water partition coefficient (Wildman–Crippen LogP) is 3.06. The molecule has 0 unspecified atom stereocenters. The van der Waals surface area contributed by atoms with Gasteiger partial charge in [0.15, 0.2) is 0 Å². The molecule has 1 fully saturated rings. The first kappa shape index (κ1) is 11.0. The molecule has 0 amide bonds. The highest BCUT2D eigenvalue weighted by atomic mass is 32.2. The number of hydrogen-bond acceptors (Lipinski definition) is 2. The van der Waals surface area contributed by atoms with Gasteiger partial charge in [-0.1, -0.05) is 6.42 Å². The minimum Gasteiger partial charge on any atom is -0.313 e. The molecule has 1 N–H and O–H groups in total. The molecule has 0 radical (unpaired) electrons. The van der Waals surface area contributed by atoms with Crippen LogP contribution in [0.1, 0.15) is 19.3 Å². The monoisotopic (exact) mass is 225 g/mol. The molecule has 0 aliphatic heterocycles. The lowest BCUT2D eigenvalue weighted by Gasteiger charge is -2.26. The van der Waals surface area contributed by atoms with Gasteiger partial charge in [-0.05, 0) is 37.1 Å². The van der Waals surface area contributed by atoms with Crippen LogP contribution in [0.25, 0.3) is 0 Å². The molecule has 15 heavy (non-hydrogen) atoms. The number of benzene rings is 1. The van der Waals surface area contributed by atoms with Crippen molar-refractivity contribution in [2.75, 3.05) is 12.3 Å². The summed E-state index contributed by atoms with van der Waals surface area (Å²) in [5.41, 5.74) is 0. The van der Waals surface area contributed by atoms with Crippen molar-refractivity contribution in [1.29, 1.82) is 0 Å². The summed E-state index contributed by atoms with van der Waals surface area (Å²) in [5.74, 6) is 0.897. The molecule has 0 atom stereocenters. The SMILES string of the molecule is Fc1ccc(SCCNC2CCC2)cc1. The molecule has 1 nitrogen and oxygen atoms in total. The van der Waals surface area contributed by atoms with E-state index in [1.807, 2.05) is 12.1 Å². The van der Waals surface area contributed by atoms with E-state index in [0.717, 1.165) is 23.2 Å². The van der Waals surface area contributed by atoms with Crippen molar-refractivity contribution >= 4 is 11.8 Å². The van der Waals surface area contributed by atoms with Gasteiger partial charge < -0.3 is 5.32 Å². The maximum atomic E-state index is 12.6. The number of nitrogens with one attached hydrogen (secondary N) is 1. The van der Waals surface area contributed by atoms with E-state index in [0.29, 0.717) is 0 Å². The molecule has 0 bridgehead atoms. The molecule has 0 saturated heterocycles. The van der Waals surface area contributed by atoms with Crippen LogP contribution in [0.5, 0.6) is 0 Å². The zero-order valence-corrected chi connectivity index (χ0v) is 9.52. The molecule has 1 aliphatic rings. The highest BCUT2D eigenvalue weighted by molar-refractivity contribution is 7.99. The fourth-order valence-corrected chi connectivity index (χ4v) is 2.36. The van der Waals surface area contributed by atoms with Crippen molar-refractivity contribution in [1.82, 2.24) is 5.32 Å². The third kappa shape index (κ3) is 3.50. The quantitative estimate of drug-likeness (QED) is 0.610. The summed E-state index contributed by atoms with van der Waals surface area (Å²) < 4.78 is 12.6. The molecule has 2 rings (SSSR count). The molecule has 0 aromatic heterocycles. The molecule has 1 aromatic rings. The second-order valence-corrected chi connectivity index (χ2v) is 5.05. The summed E-state index contributed by atoms with van der Waals surface area (Å²) in [6.07, 6.45) is 4.05. The van der Waals surface area contributed by atoms with Gasteiger partial charge in [-0.3, -0.25) is 0 Å². The van der Waals surface area contributed by atoms with Gasteiger partial charge in [0.25, 0.3) is 0 Å². The van der Waals surface area contributed by atoms with E-state index in [4.69, 9.17) is 0 Å². The van der Waals surface area contributed by atoms with Crippen molar-refractivity contribution in [2.24, 2.45) is 0 Å². The minimum absolute atomic E-state index is 0.160. The van der Waals surface area contributed by atoms with Gasteiger partial charge in [-0.15, -0.1) is 11.8 Å². The maximum absolute atomic E-state index is 12.6. The number of hydrogen-bond donors (Lipinski definition) is 1. The van der Waals surface area contributed by atoms with Crippen LogP contribution in [0.3, 0.4) is 0 Å². The zero-order chi connectivity index (χ0) is 10.5. The fraction of sp³-hybridized carbons (Fsp3) is 0.500. The van der Waals surface area contributed by atoms with E-state index in [1.165, 1.54) is 31.4 Å². The van der Waals surface area contributed by atoms with Crippen LogP contribution in [-0.2, 0) is 0 Å².